The molecule has 2 atom stereocenters. The number of piperidine rings is 3. The largest absolute Gasteiger partial charge is 0.497 e. The first kappa shape index (κ1) is 16.1. The molecule has 3 saturated heterocycles. The maximum Gasteiger partial charge on any atom is 0.342 e. The first-order valence-electron chi connectivity index (χ1n) is 8.90. The van der Waals surface area contributed by atoms with Crippen LogP contribution in [0.1, 0.15) is 19.8 Å². The predicted molar refractivity (Wildman–Crippen MR) is 95.7 cm³/mol. The molecule has 4 heterocycles. The quantitative estimate of drug-likeness (QED) is 0.933. The first-order chi connectivity index (χ1) is 12.2. The van der Waals surface area contributed by atoms with Gasteiger partial charge in [0.1, 0.15) is 5.75 Å². The van der Waals surface area contributed by atoms with Gasteiger partial charge in [-0.25, -0.2) is 4.79 Å². The normalized spacial score (nSPS) is 27.9. The summed E-state index contributed by atoms with van der Waals surface area (Å²) in [6, 6.07) is 8.20. The average molecular weight is 340 g/mol. The number of nitrogens with zero attached hydrogens (tertiary/aromatic N) is 3. The second-order valence-electron chi connectivity index (χ2n) is 6.99. The fourth-order valence-corrected chi connectivity index (χ4v) is 4.12. The number of methoxy groups -OCH3 is 1. The zero-order valence-corrected chi connectivity index (χ0v) is 14.7. The summed E-state index contributed by atoms with van der Waals surface area (Å²) >= 11 is 0. The molecule has 5 rings (SSSR count). The van der Waals surface area contributed by atoms with Crippen molar-refractivity contribution in [3.63, 3.8) is 0 Å². The van der Waals surface area contributed by atoms with Gasteiger partial charge >= 0.3 is 6.03 Å². The number of hydrogen-bond acceptors (Lipinski definition) is 4. The number of rotatable bonds is 3. The Balaban J connectivity index is 1.47. The molecule has 1 aromatic heterocycles. The average Bonchev–Trinajstić information content (AvgIpc) is 3.15. The smallest absolute Gasteiger partial charge is 0.342 e. The van der Waals surface area contributed by atoms with Crippen molar-refractivity contribution in [2.24, 2.45) is 5.92 Å². The molecular formula is C19H24N4O2. The summed E-state index contributed by atoms with van der Waals surface area (Å²) in [6.45, 7) is 4.52. The Bertz CT molecular complexity index is 745. The molecule has 0 spiro atoms. The first-order valence-corrected chi connectivity index (χ1v) is 8.90. The van der Waals surface area contributed by atoms with Gasteiger partial charge in [-0.1, -0.05) is 12.1 Å². The molecule has 1 N–H and O–H groups in total. The lowest BCUT2D eigenvalue weighted by atomic mass is 9.79. The summed E-state index contributed by atoms with van der Waals surface area (Å²) in [4.78, 5) is 15.1. The van der Waals surface area contributed by atoms with E-state index >= 15 is 0 Å². The molecule has 132 valence electrons. The maximum absolute atomic E-state index is 12.6. The van der Waals surface area contributed by atoms with Crippen molar-refractivity contribution in [1.29, 1.82) is 0 Å². The SMILES string of the molecule is COc1ccc(-c2cnn(C(=O)N[C@@H]3C4CCN(CC4)[C@@H]3C)c2)cc1. The third-order valence-corrected chi connectivity index (χ3v) is 5.68. The highest BCUT2D eigenvalue weighted by Gasteiger charge is 2.40. The van der Waals surface area contributed by atoms with Gasteiger partial charge in [0.2, 0.25) is 0 Å². The fraction of sp³-hybridized carbons (Fsp3) is 0.474. The van der Waals surface area contributed by atoms with Crippen LogP contribution < -0.4 is 10.1 Å². The minimum atomic E-state index is -0.148. The fourth-order valence-electron chi connectivity index (χ4n) is 4.12. The van der Waals surface area contributed by atoms with E-state index in [-0.39, 0.29) is 12.1 Å². The molecule has 0 saturated carbocycles. The molecule has 2 aromatic rings. The summed E-state index contributed by atoms with van der Waals surface area (Å²) < 4.78 is 6.59. The number of carbonyl (C=O) groups excluding carboxylic acids is 1. The van der Waals surface area contributed by atoms with Crippen LogP contribution in [0.5, 0.6) is 5.75 Å². The standard InChI is InChI=1S/C19H24N4O2/c1-13-18(15-7-9-22(13)10-8-15)21-19(24)23-12-16(11-20-23)14-3-5-17(25-2)6-4-14/h3-6,11-13,15,18H,7-10H2,1-2H3,(H,21,24)/t13-,18+/m1/s1. The van der Waals surface area contributed by atoms with E-state index in [1.807, 2.05) is 24.3 Å². The molecule has 3 fully saturated rings. The van der Waals surface area contributed by atoms with Crippen LogP contribution >= 0.6 is 0 Å². The van der Waals surface area contributed by atoms with Crippen LogP contribution in [0, 0.1) is 5.92 Å². The summed E-state index contributed by atoms with van der Waals surface area (Å²) in [5.41, 5.74) is 1.93. The predicted octanol–water partition coefficient (Wildman–Crippen LogP) is 2.60. The van der Waals surface area contributed by atoms with E-state index in [0.29, 0.717) is 12.0 Å². The Labute approximate surface area is 147 Å². The Hall–Kier alpha value is -2.34. The number of ether oxygens (including phenoxy) is 1. The molecule has 6 heteroatoms. The molecule has 2 bridgehead atoms. The van der Waals surface area contributed by atoms with Crippen LogP contribution in [-0.4, -0.2) is 53.0 Å². The molecular weight excluding hydrogens is 316 g/mol. The van der Waals surface area contributed by atoms with Gasteiger partial charge in [-0.3, -0.25) is 4.90 Å². The van der Waals surface area contributed by atoms with Crippen molar-refractivity contribution in [3.05, 3.63) is 36.7 Å². The van der Waals surface area contributed by atoms with Gasteiger partial charge in [-0.15, -0.1) is 0 Å². The molecule has 0 radical (unpaired) electrons. The van der Waals surface area contributed by atoms with E-state index in [1.54, 1.807) is 19.5 Å². The third kappa shape index (κ3) is 3.02. The molecule has 3 aliphatic heterocycles. The highest BCUT2D eigenvalue weighted by Crippen LogP contribution is 2.32. The molecule has 6 nitrogen and oxygen atoms in total. The van der Waals surface area contributed by atoms with Crippen molar-refractivity contribution in [3.8, 4) is 16.9 Å². The maximum atomic E-state index is 12.6. The van der Waals surface area contributed by atoms with Crippen molar-refractivity contribution < 1.29 is 9.53 Å². The van der Waals surface area contributed by atoms with E-state index < -0.39 is 0 Å². The number of carbonyl (C=O) groups is 1. The molecule has 25 heavy (non-hydrogen) atoms. The van der Waals surface area contributed by atoms with Gasteiger partial charge in [-0.05, 0) is 56.5 Å². The molecule has 1 amide bonds. The Morgan fingerprint density at radius 3 is 2.56 bits per heavy atom. The second kappa shape index (κ2) is 6.52. The van der Waals surface area contributed by atoms with Gasteiger partial charge < -0.3 is 10.1 Å². The van der Waals surface area contributed by atoms with Crippen LogP contribution in [-0.2, 0) is 0 Å². The van der Waals surface area contributed by atoms with E-state index in [4.69, 9.17) is 4.74 Å². The van der Waals surface area contributed by atoms with Crippen molar-refractivity contribution in [2.45, 2.75) is 31.8 Å². The Morgan fingerprint density at radius 2 is 1.92 bits per heavy atom. The van der Waals surface area contributed by atoms with Crippen LogP contribution in [0.4, 0.5) is 4.79 Å². The molecule has 3 aliphatic rings. The Kier molecular flexibility index (Phi) is 4.21. The lowest BCUT2D eigenvalue weighted by Gasteiger charge is -2.49. The van der Waals surface area contributed by atoms with E-state index in [2.05, 4.69) is 22.2 Å². The number of hydrogen-bond donors (Lipinski definition) is 1. The second-order valence-corrected chi connectivity index (χ2v) is 6.99. The zero-order valence-electron chi connectivity index (χ0n) is 14.7. The number of amides is 1. The summed E-state index contributed by atoms with van der Waals surface area (Å²) in [6.07, 6.45) is 5.85. The van der Waals surface area contributed by atoms with E-state index in [9.17, 15) is 4.79 Å². The lowest BCUT2D eigenvalue weighted by molar-refractivity contribution is 0.0266. The minimum Gasteiger partial charge on any atom is -0.497 e. The van der Waals surface area contributed by atoms with Gasteiger partial charge in [0.05, 0.1) is 13.3 Å². The van der Waals surface area contributed by atoms with Crippen molar-refractivity contribution >= 4 is 6.03 Å². The highest BCUT2D eigenvalue weighted by atomic mass is 16.5. The van der Waals surface area contributed by atoms with Crippen molar-refractivity contribution in [1.82, 2.24) is 20.0 Å². The van der Waals surface area contributed by atoms with Gasteiger partial charge in [0, 0.05) is 23.8 Å². The van der Waals surface area contributed by atoms with Gasteiger partial charge in [-0.2, -0.15) is 9.78 Å². The van der Waals surface area contributed by atoms with Gasteiger partial charge in [0.25, 0.3) is 0 Å². The monoisotopic (exact) mass is 340 g/mol. The Morgan fingerprint density at radius 1 is 1.20 bits per heavy atom. The van der Waals surface area contributed by atoms with E-state index in [1.165, 1.54) is 17.5 Å². The topological polar surface area (TPSA) is 59.4 Å². The summed E-state index contributed by atoms with van der Waals surface area (Å²) in [5, 5.41) is 7.45. The third-order valence-electron chi connectivity index (χ3n) is 5.68. The summed E-state index contributed by atoms with van der Waals surface area (Å²) in [7, 11) is 1.65. The molecule has 0 unspecified atom stereocenters. The number of benzene rings is 1. The number of aromatic nitrogens is 2. The van der Waals surface area contributed by atoms with Crippen molar-refractivity contribution in [2.75, 3.05) is 20.2 Å². The van der Waals surface area contributed by atoms with Gasteiger partial charge in [0.15, 0.2) is 0 Å². The summed E-state index contributed by atoms with van der Waals surface area (Å²) in [5.74, 6) is 1.39. The highest BCUT2D eigenvalue weighted by molar-refractivity contribution is 5.78. The molecule has 0 aliphatic carbocycles. The minimum absolute atomic E-state index is 0.148. The van der Waals surface area contributed by atoms with Crippen LogP contribution in [0.3, 0.4) is 0 Å². The molecule has 1 aromatic carbocycles. The number of fused-ring (bicyclic) bond motifs is 3. The van der Waals surface area contributed by atoms with Crippen LogP contribution in [0.25, 0.3) is 11.1 Å². The lowest BCUT2D eigenvalue weighted by Crippen LogP contribution is -2.62. The number of nitrogens with one attached hydrogen (secondary N) is 1. The van der Waals surface area contributed by atoms with E-state index in [0.717, 1.165) is 30.0 Å². The zero-order chi connectivity index (χ0) is 17.4. The van der Waals surface area contributed by atoms with Crippen LogP contribution in [0.15, 0.2) is 36.7 Å². The van der Waals surface area contributed by atoms with Crippen LogP contribution in [0.2, 0.25) is 0 Å².